The zero-order valence-corrected chi connectivity index (χ0v) is 21.6. The van der Waals surface area contributed by atoms with Crippen molar-refractivity contribution in [3.05, 3.63) is 101 Å². The van der Waals surface area contributed by atoms with Crippen molar-refractivity contribution >= 4 is 17.7 Å². The summed E-state index contributed by atoms with van der Waals surface area (Å²) in [5.74, 6) is -2.82. The largest absolute Gasteiger partial charge is 0.448 e. The molecule has 3 aromatic rings. The Hall–Kier alpha value is -4.09. The Morgan fingerprint density at radius 2 is 1.60 bits per heavy atom. The molecule has 40 heavy (non-hydrogen) atoms. The number of benzene rings is 3. The Labute approximate surface area is 229 Å². The smallest absolute Gasteiger partial charge is 0.404 e. The Bertz CT molecular complexity index is 1250. The summed E-state index contributed by atoms with van der Waals surface area (Å²) in [6, 6.07) is 14.4. The van der Waals surface area contributed by atoms with E-state index in [1.165, 1.54) is 60.7 Å². The third-order valence-corrected chi connectivity index (χ3v) is 6.84. The van der Waals surface area contributed by atoms with Crippen molar-refractivity contribution in [1.82, 2.24) is 5.32 Å². The Kier molecular flexibility index (Phi) is 9.62. The molecule has 1 saturated heterocycles. The molecule has 2 amide bonds. The Balaban J connectivity index is 1.54. The third kappa shape index (κ3) is 7.51. The van der Waals surface area contributed by atoms with Crippen LogP contribution in [0.2, 0.25) is 0 Å². The molecule has 0 aliphatic carbocycles. The van der Waals surface area contributed by atoms with E-state index in [2.05, 4.69) is 10.6 Å². The first kappa shape index (κ1) is 28.9. The molecule has 1 heterocycles. The van der Waals surface area contributed by atoms with Crippen molar-refractivity contribution in [2.75, 3.05) is 25.1 Å². The van der Waals surface area contributed by atoms with Gasteiger partial charge in [0.1, 0.15) is 30.1 Å². The highest BCUT2D eigenvalue weighted by molar-refractivity contribution is 5.85. The number of nitrogens with one attached hydrogen (secondary N) is 2. The number of hydrogen-bond donors (Lipinski definition) is 4. The number of anilines is 1. The lowest BCUT2D eigenvalue weighted by Crippen LogP contribution is -2.49. The molecule has 212 valence electrons. The highest BCUT2D eigenvalue weighted by Crippen LogP contribution is 2.32. The standard InChI is InChI=1S/C29H31F3N4O4/c30-19-8-4-17(5-9-19)26(18-6-10-20(31)11-7-18)27(28(33)37)36-25-3-1-2-24(32)23(25)13-12-22-14-35-21(15-39-22)16-40-29(34)38/h1-11,21-22,26-27,35-36H,12-16H2,(H2,33,37)(H2,34,38)/t21-,22+,27-/m0/s1. The second-order valence-electron chi connectivity index (χ2n) is 9.60. The van der Waals surface area contributed by atoms with Gasteiger partial charge in [0.25, 0.3) is 0 Å². The zero-order valence-electron chi connectivity index (χ0n) is 21.6. The number of halogens is 3. The van der Waals surface area contributed by atoms with Crippen LogP contribution in [0, 0.1) is 17.5 Å². The molecule has 1 aliphatic heterocycles. The molecule has 11 heteroatoms. The van der Waals surface area contributed by atoms with Gasteiger partial charge in [0.2, 0.25) is 5.91 Å². The maximum Gasteiger partial charge on any atom is 0.404 e. The fraction of sp³-hybridized carbons (Fsp3) is 0.310. The number of amides is 2. The van der Waals surface area contributed by atoms with E-state index >= 15 is 4.39 Å². The van der Waals surface area contributed by atoms with Gasteiger partial charge in [0, 0.05) is 23.7 Å². The molecule has 1 fully saturated rings. The summed E-state index contributed by atoms with van der Waals surface area (Å²) in [4.78, 5) is 23.6. The van der Waals surface area contributed by atoms with Gasteiger partial charge < -0.3 is 31.6 Å². The van der Waals surface area contributed by atoms with Crippen LogP contribution in [0.15, 0.2) is 66.7 Å². The predicted octanol–water partition coefficient (Wildman–Crippen LogP) is 3.59. The quantitative estimate of drug-likeness (QED) is 0.286. The van der Waals surface area contributed by atoms with Crippen LogP contribution in [0.5, 0.6) is 0 Å². The van der Waals surface area contributed by atoms with Gasteiger partial charge in [-0.3, -0.25) is 4.79 Å². The van der Waals surface area contributed by atoms with Crippen molar-refractivity contribution < 1.29 is 32.2 Å². The van der Waals surface area contributed by atoms with Crippen LogP contribution in [0.25, 0.3) is 0 Å². The minimum atomic E-state index is -1.07. The van der Waals surface area contributed by atoms with Crippen LogP contribution < -0.4 is 22.1 Å². The lowest BCUT2D eigenvalue weighted by Gasteiger charge is -2.31. The molecule has 3 aromatic carbocycles. The minimum absolute atomic E-state index is 0.0845. The topological polar surface area (TPSA) is 129 Å². The van der Waals surface area contributed by atoms with Gasteiger partial charge in [-0.2, -0.15) is 0 Å². The maximum absolute atomic E-state index is 15.1. The predicted molar refractivity (Wildman–Crippen MR) is 143 cm³/mol. The van der Waals surface area contributed by atoms with Gasteiger partial charge in [-0.1, -0.05) is 30.3 Å². The highest BCUT2D eigenvalue weighted by atomic mass is 19.1. The Morgan fingerprint density at radius 1 is 0.975 bits per heavy atom. The van der Waals surface area contributed by atoms with Gasteiger partial charge in [0.15, 0.2) is 0 Å². The summed E-state index contributed by atoms with van der Waals surface area (Å²) < 4.78 is 53.1. The third-order valence-electron chi connectivity index (χ3n) is 6.84. The second kappa shape index (κ2) is 13.3. The van der Waals surface area contributed by atoms with Crippen LogP contribution in [0.1, 0.15) is 29.0 Å². The first-order valence-corrected chi connectivity index (χ1v) is 12.8. The molecule has 0 unspecified atom stereocenters. The number of ether oxygens (including phenoxy) is 2. The van der Waals surface area contributed by atoms with E-state index in [9.17, 15) is 18.4 Å². The number of rotatable bonds is 11. The summed E-state index contributed by atoms with van der Waals surface area (Å²) in [6.45, 7) is 0.841. The number of carbonyl (C=O) groups excluding carboxylic acids is 2. The number of nitrogens with two attached hydrogens (primary N) is 2. The maximum atomic E-state index is 15.1. The Morgan fingerprint density at radius 3 is 2.12 bits per heavy atom. The monoisotopic (exact) mass is 556 g/mol. The SMILES string of the molecule is NC(=O)OC[C@@H]1CO[C@H](CCc2c(F)cccc2N[C@H](C(N)=O)C(c2ccc(F)cc2)c2ccc(F)cc2)CN1. The van der Waals surface area contributed by atoms with Crippen LogP contribution in [0.4, 0.5) is 23.7 Å². The van der Waals surface area contributed by atoms with Crippen molar-refractivity contribution in [2.24, 2.45) is 11.5 Å². The molecular weight excluding hydrogens is 525 g/mol. The van der Waals surface area contributed by atoms with Crippen LogP contribution >= 0.6 is 0 Å². The lowest BCUT2D eigenvalue weighted by atomic mass is 9.84. The summed E-state index contributed by atoms with van der Waals surface area (Å²) in [5.41, 5.74) is 12.7. The summed E-state index contributed by atoms with van der Waals surface area (Å²) in [5, 5.41) is 6.33. The van der Waals surface area contributed by atoms with Crippen molar-refractivity contribution in [1.29, 1.82) is 0 Å². The van der Waals surface area contributed by atoms with Crippen molar-refractivity contribution in [2.45, 2.75) is 36.9 Å². The highest BCUT2D eigenvalue weighted by Gasteiger charge is 2.31. The van der Waals surface area contributed by atoms with Gasteiger partial charge in [-0.25, -0.2) is 18.0 Å². The van der Waals surface area contributed by atoms with E-state index in [-0.39, 0.29) is 25.2 Å². The first-order chi connectivity index (χ1) is 19.2. The van der Waals surface area contributed by atoms with Gasteiger partial charge in [-0.05, 0) is 60.4 Å². The number of hydrogen-bond acceptors (Lipinski definition) is 6. The van der Waals surface area contributed by atoms with Gasteiger partial charge >= 0.3 is 6.09 Å². The zero-order chi connectivity index (χ0) is 28.6. The van der Waals surface area contributed by atoms with Crippen molar-refractivity contribution in [3.8, 4) is 0 Å². The second-order valence-corrected chi connectivity index (χ2v) is 9.60. The molecule has 0 spiro atoms. The first-order valence-electron chi connectivity index (χ1n) is 12.8. The van der Waals surface area contributed by atoms with E-state index in [0.29, 0.717) is 42.0 Å². The number of carbonyl (C=O) groups is 2. The number of primary amides is 2. The number of morpholine rings is 1. The van der Waals surface area contributed by atoms with Crippen LogP contribution in [-0.4, -0.2) is 49.9 Å². The van der Waals surface area contributed by atoms with Gasteiger partial charge in [-0.15, -0.1) is 0 Å². The fourth-order valence-corrected chi connectivity index (χ4v) is 4.80. The van der Waals surface area contributed by atoms with Crippen LogP contribution in [-0.2, 0) is 20.7 Å². The summed E-state index contributed by atoms with van der Waals surface area (Å²) in [6.07, 6.45) is -0.339. The van der Waals surface area contributed by atoms with Gasteiger partial charge in [0.05, 0.1) is 18.8 Å². The summed E-state index contributed by atoms with van der Waals surface area (Å²) in [7, 11) is 0. The molecule has 8 nitrogen and oxygen atoms in total. The van der Waals surface area contributed by atoms with E-state index in [4.69, 9.17) is 20.9 Å². The van der Waals surface area contributed by atoms with E-state index in [0.717, 1.165) is 0 Å². The molecular formula is C29H31F3N4O4. The fourth-order valence-electron chi connectivity index (χ4n) is 4.80. The van der Waals surface area contributed by atoms with Crippen molar-refractivity contribution in [3.63, 3.8) is 0 Å². The van der Waals surface area contributed by atoms with E-state index in [1.54, 1.807) is 6.07 Å². The van der Waals surface area contributed by atoms with E-state index < -0.39 is 41.4 Å². The molecule has 1 aliphatic rings. The van der Waals surface area contributed by atoms with E-state index in [1.807, 2.05) is 0 Å². The molecule has 0 saturated carbocycles. The molecule has 3 atom stereocenters. The molecule has 6 N–H and O–H groups in total. The molecule has 0 aromatic heterocycles. The molecule has 0 radical (unpaired) electrons. The average Bonchev–Trinajstić information content (AvgIpc) is 2.93. The lowest BCUT2D eigenvalue weighted by molar-refractivity contribution is -0.119. The van der Waals surface area contributed by atoms with Crippen LogP contribution in [0.3, 0.4) is 0 Å². The molecule has 4 rings (SSSR count). The molecule has 0 bridgehead atoms. The average molecular weight is 557 g/mol. The minimum Gasteiger partial charge on any atom is -0.448 e. The summed E-state index contributed by atoms with van der Waals surface area (Å²) >= 11 is 0. The normalized spacial score (nSPS) is 17.8.